The van der Waals surface area contributed by atoms with Gasteiger partial charge in [-0.15, -0.1) is 10.2 Å². The molecular formula is C21H27N5O3S2. The van der Waals surface area contributed by atoms with Crippen molar-refractivity contribution in [3.63, 3.8) is 0 Å². The van der Waals surface area contributed by atoms with Crippen molar-refractivity contribution < 1.29 is 14.0 Å². The molecule has 3 amide bonds. The number of rotatable bonds is 7. The van der Waals surface area contributed by atoms with Crippen LogP contribution in [0.5, 0.6) is 0 Å². The minimum atomic E-state index is -0.451. The van der Waals surface area contributed by atoms with Crippen molar-refractivity contribution in [3.05, 3.63) is 24.2 Å². The van der Waals surface area contributed by atoms with Gasteiger partial charge in [-0.25, -0.2) is 4.79 Å². The van der Waals surface area contributed by atoms with E-state index in [1.54, 1.807) is 13.2 Å². The van der Waals surface area contributed by atoms with Crippen molar-refractivity contribution in [1.82, 2.24) is 20.8 Å². The van der Waals surface area contributed by atoms with Crippen molar-refractivity contribution in [2.45, 2.75) is 67.1 Å². The maximum atomic E-state index is 12.6. The van der Waals surface area contributed by atoms with E-state index in [2.05, 4.69) is 26.1 Å². The maximum Gasteiger partial charge on any atom is 0.321 e. The summed E-state index contributed by atoms with van der Waals surface area (Å²) in [5, 5.41) is 17.3. The number of furan rings is 1. The first kappa shape index (κ1) is 20.8. The van der Waals surface area contributed by atoms with Gasteiger partial charge in [0.25, 0.3) is 0 Å². The van der Waals surface area contributed by atoms with Crippen molar-refractivity contribution in [2.75, 3.05) is 5.32 Å². The number of aromatic nitrogens is 2. The Morgan fingerprint density at radius 3 is 2.58 bits per heavy atom. The molecule has 8 nitrogen and oxygen atoms in total. The Morgan fingerprint density at radius 1 is 1.23 bits per heavy atom. The molecule has 2 heterocycles. The molecule has 4 aliphatic carbocycles. The van der Waals surface area contributed by atoms with E-state index < -0.39 is 5.25 Å². The van der Waals surface area contributed by atoms with Crippen LogP contribution in [0.1, 0.15) is 51.2 Å². The van der Waals surface area contributed by atoms with E-state index in [4.69, 9.17) is 4.42 Å². The number of amides is 3. The first-order valence-electron chi connectivity index (χ1n) is 10.9. The SMILES string of the molecule is C[C@H](Sc1nnc(NCc2ccco2)s1)C(=O)NC(=O)NC12CC3CC(CC(C3)C1)C2. The molecule has 0 aliphatic heterocycles. The topological polar surface area (TPSA) is 109 Å². The fourth-order valence-electron chi connectivity index (χ4n) is 5.86. The number of thioether (sulfide) groups is 1. The number of nitrogens with zero attached hydrogens (tertiary/aromatic N) is 2. The summed E-state index contributed by atoms with van der Waals surface area (Å²) in [4.78, 5) is 25.2. The molecule has 0 unspecified atom stereocenters. The standard InChI is InChI=1S/C21H27N5O3S2/c1-12(30-20-26-25-19(31-20)22-11-16-3-2-4-29-16)17(27)23-18(28)24-21-8-13-5-14(9-21)7-15(6-13)10-21/h2-4,12-15H,5-11H2,1H3,(H,22,25)(H2,23,24,27,28)/t12-,13?,14?,15?,21?/m0/s1. The molecule has 0 spiro atoms. The Bertz CT molecular complexity index is 909. The summed E-state index contributed by atoms with van der Waals surface area (Å²) < 4.78 is 5.95. The molecule has 0 saturated heterocycles. The fraction of sp³-hybridized carbons (Fsp3) is 0.619. The summed E-state index contributed by atoms with van der Waals surface area (Å²) in [5.41, 5.74) is -0.108. The first-order chi connectivity index (χ1) is 15.0. The number of carbonyl (C=O) groups excluding carboxylic acids is 2. The van der Waals surface area contributed by atoms with Crippen molar-refractivity contribution in [3.8, 4) is 0 Å². The second kappa shape index (κ2) is 8.46. The normalized spacial score (nSPS) is 29.5. The lowest BCUT2D eigenvalue weighted by molar-refractivity contribution is -0.119. The van der Waals surface area contributed by atoms with Crippen molar-refractivity contribution in [2.24, 2.45) is 17.8 Å². The van der Waals surface area contributed by atoms with Crippen LogP contribution in [0.3, 0.4) is 0 Å². The third-order valence-corrected chi connectivity index (χ3v) is 8.77. The number of imide groups is 1. The molecule has 2 aromatic heterocycles. The summed E-state index contributed by atoms with van der Waals surface area (Å²) in [6.07, 6.45) is 8.74. The highest BCUT2D eigenvalue weighted by Crippen LogP contribution is 2.55. The van der Waals surface area contributed by atoms with Gasteiger partial charge in [0, 0.05) is 5.54 Å². The van der Waals surface area contributed by atoms with Gasteiger partial charge >= 0.3 is 6.03 Å². The molecule has 0 aromatic carbocycles. The van der Waals surface area contributed by atoms with Gasteiger partial charge in [-0.3, -0.25) is 10.1 Å². The van der Waals surface area contributed by atoms with E-state index >= 15 is 0 Å². The highest BCUT2D eigenvalue weighted by atomic mass is 32.2. The van der Waals surface area contributed by atoms with Crippen LogP contribution in [-0.2, 0) is 11.3 Å². The molecule has 3 N–H and O–H groups in total. The van der Waals surface area contributed by atoms with Gasteiger partial charge in [0.05, 0.1) is 18.1 Å². The Kier molecular flexibility index (Phi) is 5.68. The van der Waals surface area contributed by atoms with Crippen LogP contribution >= 0.6 is 23.1 Å². The van der Waals surface area contributed by atoms with Crippen molar-refractivity contribution in [1.29, 1.82) is 0 Å². The Morgan fingerprint density at radius 2 is 1.94 bits per heavy atom. The second-order valence-corrected chi connectivity index (χ2v) is 11.8. The smallest absolute Gasteiger partial charge is 0.321 e. The average molecular weight is 462 g/mol. The van der Waals surface area contributed by atoms with Gasteiger partial charge in [-0.05, 0) is 75.3 Å². The van der Waals surface area contributed by atoms with E-state index in [0.717, 1.165) is 42.8 Å². The van der Waals surface area contributed by atoms with Crippen LogP contribution in [0, 0.1) is 17.8 Å². The molecule has 6 rings (SSSR count). The van der Waals surface area contributed by atoms with Crippen LogP contribution in [0.2, 0.25) is 0 Å². The summed E-state index contributed by atoms with van der Waals surface area (Å²) in [6, 6.07) is 3.35. The second-order valence-electron chi connectivity index (χ2n) is 9.21. The predicted molar refractivity (Wildman–Crippen MR) is 119 cm³/mol. The molecule has 1 atom stereocenters. The minimum absolute atomic E-state index is 0.108. The first-order valence-corrected chi connectivity index (χ1v) is 12.6. The number of anilines is 1. The lowest BCUT2D eigenvalue weighted by Gasteiger charge is -2.56. The Labute approximate surface area is 189 Å². The molecule has 4 fully saturated rings. The monoisotopic (exact) mass is 461 g/mol. The number of nitrogens with one attached hydrogen (secondary N) is 3. The number of hydrogen-bond donors (Lipinski definition) is 3. The lowest BCUT2D eigenvalue weighted by atomic mass is 9.53. The quantitative estimate of drug-likeness (QED) is 0.534. The zero-order chi connectivity index (χ0) is 21.4. The van der Waals surface area contributed by atoms with Gasteiger partial charge in [-0.2, -0.15) is 0 Å². The molecule has 4 bridgehead atoms. The van der Waals surface area contributed by atoms with E-state index in [1.807, 2.05) is 12.1 Å². The van der Waals surface area contributed by atoms with E-state index in [0.29, 0.717) is 16.0 Å². The summed E-state index contributed by atoms with van der Waals surface area (Å²) in [7, 11) is 0. The molecule has 31 heavy (non-hydrogen) atoms. The third kappa shape index (κ3) is 4.74. The molecule has 4 saturated carbocycles. The zero-order valence-electron chi connectivity index (χ0n) is 17.4. The predicted octanol–water partition coefficient (Wildman–Crippen LogP) is 4.02. The highest BCUT2D eigenvalue weighted by molar-refractivity contribution is 8.02. The maximum absolute atomic E-state index is 12.6. The van der Waals surface area contributed by atoms with Crippen LogP contribution < -0.4 is 16.0 Å². The third-order valence-electron chi connectivity index (χ3n) is 6.70. The fourth-order valence-corrected chi connectivity index (χ4v) is 7.75. The number of hydrogen-bond acceptors (Lipinski definition) is 8. The minimum Gasteiger partial charge on any atom is -0.467 e. The van der Waals surface area contributed by atoms with Gasteiger partial charge in [0.1, 0.15) is 5.76 Å². The summed E-state index contributed by atoms with van der Waals surface area (Å²) in [6.45, 7) is 2.29. The summed E-state index contributed by atoms with van der Waals surface area (Å²) in [5.74, 6) is 2.72. The van der Waals surface area contributed by atoms with Crippen LogP contribution in [0.15, 0.2) is 27.2 Å². The lowest BCUT2D eigenvalue weighted by Crippen LogP contribution is -2.62. The number of carbonyl (C=O) groups is 2. The molecule has 166 valence electrons. The highest BCUT2D eigenvalue weighted by Gasteiger charge is 2.51. The van der Waals surface area contributed by atoms with Crippen LogP contribution in [-0.4, -0.2) is 32.9 Å². The summed E-state index contributed by atoms with van der Waals surface area (Å²) >= 11 is 2.67. The van der Waals surface area contributed by atoms with Crippen LogP contribution in [0.4, 0.5) is 9.93 Å². The molecule has 2 aromatic rings. The molecular weight excluding hydrogens is 434 g/mol. The molecule has 4 aliphatic rings. The Balaban J connectivity index is 1.10. The average Bonchev–Trinajstić information content (AvgIpc) is 3.36. The number of urea groups is 1. The van der Waals surface area contributed by atoms with Crippen molar-refractivity contribution >= 4 is 40.2 Å². The van der Waals surface area contributed by atoms with Crippen LogP contribution in [0.25, 0.3) is 0 Å². The van der Waals surface area contributed by atoms with Gasteiger partial charge in [-0.1, -0.05) is 23.1 Å². The molecule has 10 heteroatoms. The van der Waals surface area contributed by atoms with Gasteiger partial charge < -0.3 is 15.1 Å². The largest absolute Gasteiger partial charge is 0.467 e. The van der Waals surface area contributed by atoms with Gasteiger partial charge in [0.2, 0.25) is 11.0 Å². The zero-order valence-corrected chi connectivity index (χ0v) is 19.1. The van der Waals surface area contributed by atoms with Gasteiger partial charge in [0.15, 0.2) is 4.34 Å². The Hall–Kier alpha value is -2.07. The molecule has 0 radical (unpaired) electrons. The van der Waals surface area contributed by atoms with E-state index in [1.165, 1.54) is 42.4 Å². The van der Waals surface area contributed by atoms with E-state index in [-0.39, 0.29) is 17.5 Å². The van der Waals surface area contributed by atoms with E-state index in [9.17, 15) is 9.59 Å².